The fraction of sp³-hybridized carbons (Fsp3) is 0.375. The van der Waals surface area contributed by atoms with Crippen LogP contribution in [0.15, 0.2) is 36.5 Å². The average molecular weight is 431 g/mol. The highest BCUT2D eigenvalue weighted by molar-refractivity contribution is 5.95. The lowest BCUT2D eigenvalue weighted by molar-refractivity contribution is -0.119. The highest BCUT2D eigenvalue weighted by atomic mass is 16.2. The van der Waals surface area contributed by atoms with Crippen LogP contribution in [0.5, 0.6) is 0 Å². The number of aryl methyl sites for hydroxylation is 1. The van der Waals surface area contributed by atoms with E-state index in [0.717, 1.165) is 47.2 Å². The minimum atomic E-state index is -0.0675. The smallest absolute Gasteiger partial charge is 0.238 e. The second kappa shape index (κ2) is 8.27. The van der Waals surface area contributed by atoms with Gasteiger partial charge in [-0.15, -0.1) is 0 Å². The Bertz CT molecular complexity index is 1210. The minimum absolute atomic E-state index is 0.0315. The standard InChI is InChI=1S/C24H26N6O2/c1-15-18-8-10-22(32)29(2)24(18)28-23(26-15)20-6-4-12-30(20)14-21(31)27-17-7-9-19-16(13-17)5-3-11-25-19/h3,5,7,9,11,13,20H,4,6,8,10,12,14H2,1-2H3,(H,27,31)/t20-/m1/s1. The molecule has 2 aliphatic heterocycles. The first-order valence-electron chi connectivity index (χ1n) is 11.0. The van der Waals surface area contributed by atoms with Crippen LogP contribution in [0.3, 0.4) is 0 Å². The first-order valence-corrected chi connectivity index (χ1v) is 11.0. The van der Waals surface area contributed by atoms with Crippen LogP contribution in [0.4, 0.5) is 11.5 Å². The lowest BCUT2D eigenvalue weighted by atomic mass is 10.0. The number of benzene rings is 1. The molecule has 0 saturated carbocycles. The van der Waals surface area contributed by atoms with Gasteiger partial charge in [0.05, 0.1) is 18.1 Å². The van der Waals surface area contributed by atoms with Crippen LogP contribution in [-0.4, -0.2) is 51.8 Å². The van der Waals surface area contributed by atoms with Gasteiger partial charge in [-0.05, 0) is 57.0 Å². The van der Waals surface area contributed by atoms with E-state index in [1.807, 2.05) is 37.3 Å². The lowest BCUT2D eigenvalue weighted by Gasteiger charge is -2.28. The van der Waals surface area contributed by atoms with Crippen LogP contribution in [0, 0.1) is 6.92 Å². The molecule has 2 amide bonds. The van der Waals surface area contributed by atoms with Gasteiger partial charge in [-0.25, -0.2) is 9.97 Å². The number of hydrogen-bond donors (Lipinski definition) is 1. The van der Waals surface area contributed by atoms with Crippen molar-refractivity contribution in [3.63, 3.8) is 0 Å². The van der Waals surface area contributed by atoms with E-state index in [2.05, 4.69) is 15.2 Å². The molecule has 0 unspecified atom stereocenters. The van der Waals surface area contributed by atoms with Crippen molar-refractivity contribution in [3.8, 4) is 0 Å². The summed E-state index contributed by atoms with van der Waals surface area (Å²) in [6, 6.07) is 9.55. The molecule has 3 aromatic rings. The van der Waals surface area contributed by atoms with Crippen molar-refractivity contribution < 1.29 is 9.59 Å². The molecular formula is C24H26N6O2. The summed E-state index contributed by atoms with van der Waals surface area (Å²) in [5.41, 5.74) is 3.62. The Balaban J connectivity index is 1.33. The van der Waals surface area contributed by atoms with Crippen molar-refractivity contribution in [2.45, 2.75) is 38.6 Å². The summed E-state index contributed by atoms with van der Waals surface area (Å²) in [6.45, 7) is 3.06. The van der Waals surface area contributed by atoms with Gasteiger partial charge in [0.15, 0.2) is 0 Å². The number of rotatable bonds is 4. The van der Waals surface area contributed by atoms with Crippen molar-refractivity contribution in [2.75, 3.05) is 30.4 Å². The molecule has 0 spiro atoms. The Labute approximate surface area is 186 Å². The molecule has 32 heavy (non-hydrogen) atoms. The molecule has 164 valence electrons. The fourth-order valence-electron chi connectivity index (χ4n) is 4.69. The van der Waals surface area contributed by atoms with Gasteiger partial charge in [0.2, 0.25) is 11.8 Å². The van der Waals surface area contributed by atoms with Gasteiger partial charge in [-0.3, -0.25) is 24.4 Å². The SMILES string of the molecule is Cc1nc([C@H]2CCCN2CC(=O)Nc2ccc3ncccc3c2)nc2c1CCC(=O)N2C. The normalized spacial score (nSPS) is 18.8. The Morgan fingerprint density at radius 2 is 2.09 bits per heavy atom. The largest absolute Gasteiger partial charge is 0.325 e. The lowest BCUT2D eigenvalue weighted by Crippen LogP contribution is -2.36. The third kappa shape index (κ3) is 3.82. The number of aromatic nitrogens is 3. The van der Waals surface area contributed by atoms with Crippen molar-refractivity contribution in [3.05, 3.63) is 53.6 Å². The molecule has 1 aromatic carbocycles. The summed E-state index contributed by atoms with van der Waals surface area (Å²) in [5.74, 6) is 1.42. The van der Waals surface area contributed by atoms with Gasteiger partial charge >= 0.3 is 0 Å². The fourth-order valence-corrected chi connectivity index (χ4v) is 4.69. The zero-order chi connectivity index (χ0) is 22.2. The molecule has 1 saturated heterocycles. The van der Waals surface area contributed by atoms with Gasteiger partial charge in [0.1, 0.15) is 11.6 Å². The minimum Gasteiger partial charge on any atom is -0.325 e. The van der Waals surface area contributed by atoms with E-state index in [-0.39, 0.29) is 24.4 Å². The van der Waals surface area contributed by atoms with Crippen molar-refractivity contribution in [1.82, 2.24) is 19.9 Å². The van der Waals surface area contributed by atoms with E-state index in [1.165, 1.54) is 0 Å². The monoisotopic (exact) mass is 430 g/mol. The van der Waals surface area contributed by atoms with E-state index < -0.39 is 0 Å². The number of nitrogens with one attached hydrogen (secondary N) is 1. The quantitative estimate of drug-likeness (QED) is 0.684. The summed E-state index contributed by atoms with van der Waals surface area (Å²) in [7, 11) is 1.77. The molecule has 5 rings (SSSR count). The number of pyridine rings is 1. The molecule has 4 heterocycles. The van der Waals surface area contributed by atoms with Gasteiger partial charge < -0.3 is 5.32 Å². The number of carbonyl (C=O) groups is 2. The Morgan fingerprint density at radius 3 is 2.97 bits per heavy atom. The van der Waals surface area contributed by atoms with Crippen molar-refractivity contribution in [1.29, 1.82) is 0 Å². The number of amides is 2. The Kier molecular flexibility index (Phi) is 5.30. The molecule has 1 fully saturated rings. The van der Waals surface area contributed by atoms with E-state index in [9.17, 15) is 9.59 Å². The topological polar surface area (TPSA) is 91.3 Å². The predicted molar refractivity (Wildman–Crippen MR) is 122 cm³/mol. The first kappa shape index (κ1) is 20.5. The van der Waals surface area contributed by atoms with Gasteiger partial charge in [-0.2, -0.15) is 0 Å². The Hall–Kier alpha value is -3.39. The molecule has 2 aliphatic rings. The van der Waals surface area contributed by atoms with Gasteiger partial charge in [-0.1, -0.05) is 6.07 Å². The Morgan fingerprint density at radius 1 is 1.22 bits per heavy atom. The number of likely N-dealkylation sites (tertiary alicyclic amines) is 1. The maximum Gasteiger partial charge on any atom is 0.238 e. The molecule has 1 atom stereocenters. The number of fused-ring (bicyclic) bond motifs is 2. The average Bonchev–Trinajstić information content (AvgIpc) is 3.24. The maximum atomic E-state index is 12.8. The zero-order valence-corrected chi connectivity index (χ0v) is 18.3. The number of nitrogens with zero attached hydrogens (tertiary/aromatic N) is 5. The molecule has 8 nitrogen and oxygen atoms in total. The maximum absolute atomic E-state index is 12.8. The van der Waals surface area contributed by atoms with Crippen molar-refractivity contribution in [2.24, 2.45) is 0 Å². The van der Waals surface area contributed by atoms with Crippen LogP contribution in [-0.2, 0) is 16.0 Å². The summed E-state index contributed by atoms with van der Waals surface area (Å²) in [5, 5.41) is 3.99. The predicted octanol–water partition coefficient (Wildman–Crippen LogP) is 3.02. The molecule has 0 bridgehead atoms. The van der Waals surface area contributed by atoms with Crippen LogP contribution in [0.25, 0.3) is 10.9 Å². The van der Waals surface area contributed by atoms with Gasteiger partial charge in [0, 0.05) is 42.0 Å². The second-order valence-electron chi connectivity index (χ2n) is 8.51. The molecular weight excluding hydrogens is 404 g/mol. The van der Waals surface area contributed by atoms with Crippen LogP contribution in [0.1, 0.15) is 42.4 Å². The van der Waals surface area contributed by atoms with Crippen LogP contribution < -0.4 is 10.2 Å². The van der Waals surface area contributed by atoms with Crippen LogP contribution >= 0.6 is 0 Å². The second-order valence-corrected chi connectivity index (χ2v) is 8.51. The first-order chi connectivity index (χ1) is 15.5. The third-order valence-electron chi connectivity index (χ3n) is 6.39. The number of anilines is 2. The van der Waals surface area contributed by atoms with E-state index in [0.29, 0.717) is 24.5 Å². The summed E-state index contributed by atoms with van der Waals surface area (Å²) in [4.78, 5) is 42.6. The van der Waals surface area contributed by atoms with Crippen molar-refractivity contribution >= 4 is 34.2 Å². The number of hydrogen-bond acceptors (Lipinski definition) is 6. The molecule has 8 heteroatoms. The molecule has 0 aliphatic carbocycles. The molecule has 2 aromatic heterocycles. The van der Waals surface area contributed by atoms with E-state index >= 15 is 0 Å². The zero-order valence-electron chi connectivity index (χ0n) is 18.3. The summed E-state index contributed by atoms with van der Waals surface area (Å²) < 4.78 is 0. The highest BCUT2D eigenvalue weighted by Gasteiger charge is 2.32. The molecule has 1 N–H and O–H groups in total. The molecule has 0 radical (unpaired) electrons. The van der Waals surface area contributed by atoms with Gasteiger partial charge in [0.25, 0.3) is 0 Å². The summed E-state index contributed by atoms with van der Waals surface area (Å²) >= 11 is 0. The van der Waals surface area contributed by atoms with E-state index in [1.54, 1.807) is 18.1 Å². The third-order valence-corrected chi connectivity index (χ3v) is 6.39. The summed E-state index contributed by atoms with van der Waals surface area (Å²) in [6.07, 6.45) is 4.81. The van der Waals surface area contributed by atoms with E-state index in [4.69, 9.17) is 9.97 Å². The highest BCUT2D eigenvalue weighted by Crippen LogP contribution is 2.34. The number of carbonyl (C=O) groups excluding carboxylic acids is 2. The van der Waals surface area contributed by atoms with Crippen LogP contribution in [0.2, 0.25) is 0 Å².